The van der Waals surface area contributed by atoms with Crippen LogP contribution in [0.4, 0.5) is 10.1 Å². The molecule has 1 aliphatic rings. The van der Waals surface area contributed by atoms with Gasteiger partial charge in [-0.05, 0) is 19.1 Å². The van der Waals surface area contributed by atoms with Crippen LogP contribution in [0.1, 0.15) is 26.3 Å². The van der Waals surface area contributed by atoms with Gasteiger partial charge in [0.2, 0.25) is 0 Å². The molecule has 0 saturated carbocycles. The summed E-state index contributed by atoms with van der Waals surface area (Å²) in [5.41, 5.74) is 1.74. The molecule has 1 heterocycles. The second-order valence-corrected chi connectivity index (χ2v) is 5.39. The smallest absolute Gasteiger partial charge is 0.129 e. The van der Waals surface area contributed by atoms with E-state index in [4.69, 9.17) is 4.74 Å². The van der Waals surface area contributed by atoms with Gasteiger partial charge in [-0.2, -0.15) is 0 Å². The van der Waals surface area contributed by atoms with Gasteiger partial charge in [0.15, 0.2) is 0 Å². The van der Waals surface area contributed by atoms with Crippen LogP contribution in [0.5, 0.6) is 0 Å². The zero-order valence-electron chi connectivity index (χ0n) is 11.9. The lowest BCUT2D eigenvalue weighted by Gasteiger charge is -2.36. The number of nitrogens with zero attached hydrogens (tertiary/aromatic N) is 1. The maximum Gasteiger partial charge on any atom is 0.129 e. The van der Waals surface area contributed by atoms with E-state index in [0.29, 0.717) is 25.8 Å². The van der Waals surface area contributed by atoms with E-state index in [-0.39, 0.29) is 11.9 Å². The van der Waals surface area contributed by atoms with Gasteiger partial charge in [-0.3, -0.25) is 0 Å². The van der Waals surface area contributed by atoms with E-state index in [1.165, 1.54) is 6.07 Å². The number of ether oxygens (including phenoxy) is 1. The molecule has 1 aromatic carbocycles. The number of benzene rings is 1. The van der Waals surface area contributed by atoms with E-state index in [9.17, 15) is 4.39 Å². The van der Waals surface area contributed by atoms with Gasteiger partial charge in [0.25, 0.3) is 0 Å². The van der Waals surface area contributed by atoms with E-state index < -0.39 is 0 Å². The molecule has 0 amide bonds. The molecule has 1 fully saturated rings. The summed E-state index contributed by atoms with van der Waals surface area (Å²) in [5.74, 6) is -0.135. The first-order valence-electron chi connectivity index (χ1n) is 6.94. The summed E-state index contributed by atoms with van der Waals surface area (Å²) >= 11 is 0. The monoisotopic (exact) mass is 266 g/mol. The number of anilines is 1. The predicted molar refractivity (Wildman–Crippen MR) is 76.0 cm³/mol. The Labute approximate surface area is 114 Å². The molecular formula is C15H23FN2O. The lowest BCUT2D eigenvalue weighted by Crippen LogP contribution is -2.44. The first-order chi connectivity index (χ1) is 9.09. The molecule has 1 N–H and O–H groups in total. The van der Waals surface area contributed by atoms with Gasteiger partial charge >= 0.3 is 0 Å². The van der Waals surface area contributed by atoms with E-state index in [0.717, 1.165) is 17.8 Å². The van der Waals surface area contributed by atoms with Crippen LogP contribution in [0, 0.1) is 5.82 Å². The topological polar surface area (TPSA) is 24.5 Å². The highest BCUT2D eigenvalue weighted by Crippen LogP contribution is 2.26. The van der Waals surface area contributed by atoms with Crippen LogP contribution in [0.15, 0.2) is 18.2 Å². The molecule has 0 aliphatic carbocycles. The number of rotatable bonds is 4. The molecule has 4 heteroatoms. The van der Waals surface area contributed by atoms with Crippen molar-refractivity contribution in [2.75, 3.05) is 24.7 Å². The van der Waals surface area contributed by atoms with Crippen molar-refractivity contribution in [2.45, 2.75) is 39.4 Å². The Morgan fingerprint density at radius 1 is 1.47 bits per heavy atom. The second kappa shape index (κ2) is 6.35. The number of nitrogens with one attached hydrogen (secondary N) is 1. The van der Waals surface area contributed by atoms with E-state index in [1.54, 1.807) is 6.07 Å². The minimum atomic E-state index is -0.135. The summed E-state index contributed by atoms with van der Waals surface area (Å²) < 4.78 is 19.5. The number of halogens is 1. The SMILES string of the molecule is CC(C)NCc1c(F)cccc1N1CCOCC1C. The van der Waals surface area contributed by atoms with Crippen LogP contribution in [-0.4, -0.2) is 31.8 Å². The first kappa shape index (κ1) is 14.3. The van der Waals surface area contributed by atoms with Crippen molar-refractivity contribution in [2.24, 2.45) is 0 Å². The average molecular weight is 266 g/mol. The van der Waals surface area contributed by atoms with Crippen molar-refractivity contribution < 1.29 is 9.13 Å². The first-order valence-corrected chi connectivity index (χ1v) is 6.94. The second-order valence-electron chi connectivity index (χ2n) is 5.39. The molecule has 106 valence electrons. The third-order valence-corrected chi connectivity index (χ3v) is 3.46. The summed E-state index contributed by atoms with van der Waals surface area (Å²) in [6, 6.07) is 5.95. The van der Waals surface area contributed by atoms with Crippen LogP contribution < -0.4 is 10.2 Å². The van der Waals surface area contributed by atoms with Crippen LogP contribution in [0.25, 0.3) is 0 Å². The fraction of sp³-hybridized carbons (Fsp3) is 0.600. The molecule has 0 aromatic heterocycles. The lowest BCUT2D eigenvalue weighted by atomic mass is 10.1. The molecule has 19 heavy (non-hydrogen) atoms. The largest absolute Gasteiger partial charge is 0.377 e. The number of hydrogen-bond acceptors (Lipinski definition) is 3. The summed E-state index contributed by atoms with van der Waals surface area (Å²) in [6.07, 6.45) is 0. The van der Waals surface area contributed by atoms with Crippen LogP contribution in [-0.2, 0) is 11.3 Å². The molecule has 3 nitrogen and oxygen atoms in total. The van der Waals surface area contributed by atoms with Gasteiger partial charge in [0.1, 0.15) is 5.82 Å². The Hall–Kier alpha value is -1.13. The van der Waals surface area contributed by atoms with Gasteiger partial charge in [-0.25, -0.2) is 4.39 Å². The highest BCUT2D eigenvalue weighted by Gasteiger charge is 2.22. The molecule has 1 atom stereocenters. The number of hydrogen-bond donors (Lipinski definition) is 1. The molecule has 0 radical (unpaired) electrons. The van der Waals surface area contributed by atoms with Gasteiger partial charge in [-0.1, -0.05) is 19.9 Å². The maximum atomic E-state index is 14.1. The summed E-state index contributed by atoms with van der Waals surface area (Å²) in [4.78, 5) is 2.24. The van der Waals surface area contributed by atoms with E-state index >= 15 is 0 Å². The van der Waals surface area contributed by atoms with Gasteiger partial charge < -0.3 is 15.0 Å². The molecule has 1 saturated heterocycles. The summed E-state index contributed by atoms with van der Waals surface area (Å²) in [5, 5.41) is 3.30. The normalized spacial score (nSPS) is 20.1. The van der Waals surface area contributed by atoms with Gasteiger partial charge in [0, 0.05) is 36.4 Å². The van der Waals surface area contributed by atoms with Crippen molar-refractivity contribution in [1.82, 2.24) is 5.32 Å². The van der Waals surface area contributed by atoms with E-state index in [2.05, 4.69) is 31.0 Å². The van der Waals surface area contributed by atoms with Gasteiger partial charge in [-0.15, -0.1) is 0 Å². The van der Waals surface area contributed by atoms with Crippen LogP contribution >= 0.6 is 0 Å². The van der Waals surface area contributed by atoms with Crippen LogP contribution in [0.3, 0.4) is 0 Å². The summed E-state index contributed by atoms with van der Waals surface area (Å²) in [6.45, 7) is 9.04. The third kappa shape index (κ3) is 3.45. The Morgan fingerprint density at radius 3 is 2.95 bits per heavy atom. The zero-order valence-corrected chi connectivity index (χ0v) is 11.9. The molecule has 1 unspecified atom stereocenters. The molecule has 1 aliphatic heterocycles. The Balaban J connectivity index is 2.25. The van der Waals surface area contributed by atoms with Crippen molar-refractivity contribution in [3.05, 3.63) is 29.6 Å². The predicted octanol–water partition coefficient (Wildman–Crippen LogP) is 2.55. The van der Waals surface area contributed by atoms with Crippen molar-refractivity contribution in [1.29, 1.82) is 0 Å². The number of morpholine rings is 1. The highest BCUT2D eigenvalue weighted by molar-refractivity contribution is 5.55. The molecule has 0 bridgehead atoms. The quantitative estimate of drug-likeness (QED) is 0.906. The van der Waals surface area contributed by atoms with Crippen molar-refractivity contribution >= 4 is 5.69 Å². The molecular weight excluding hydrogens is 243 g/mol. The zero-order chi connectivity index (χ0) is 13.8. The molecule has 1 aromatic rings. The van der Waals surface area contributed by atoms with Crippen molar-refractivity contribution in [3.63, 3.8) is 0 Å². The minimum Gasteiger partial charge on any atom is -0.377 e. The van der Waals surface area contributed by atoms with Crippen LogP contribution in [0.2, 0.25) is 0 Å². The summed E-state index contributed by atoms with van der Waals surface area (Å²) in [7, 11) is 0. The Morgan fingerprint density at radius 2 is 2.26 bits per heavy atom. The fourth-order valence-electron chi connectivity index (χ4n) is 2.38. The van der Waals surface area contributed by atoms with Gasteiger partial charge in [0.05, 0.1) is 13.2 Å². The fourth-order valence-corrected chi connectivity index (χ4v) is 2.38. The minimum absolute atomic E-state index is 0.135. The third-order valence-electron chi connectivity index (χ3n) is 3.46. The lowest BCUT2D eigenvalue weighted by molar-refractivity contribution is 0.0988. The molecule has 2 rings (SSSR count). The Bertz CT molecular complexity index is 423. The standard InChI is InChI=1S/C15H23FN2O/c1-11(2)17-9-13-14(16)5-4-6-15(13)18-7-8-19-10-12(18)3/h4-6,11-12,17H,7-10H2,1-3H3. The Kier molecular flexibility index (Phi) is 4.77. The average Bonchev–Trinajstić information content (AvgIpc) is 2.37. The molecule has 0 spiro atoms. The van der Waals surface area contributed by atoms with E-state index in [1.807, 2.05) is 6.07 Å². The maximum absolute atomic E-state index is 14.1. The highest BCUT2D eigenvalue weighted by atomic mass is 19.1. The van der Waals surface area contributed by atoms with Crippen molar-refractivity contribution in [3.8, 4) is 0 Å².